The fraction of sp³-hybridized carbons (Fsp3) is 0.273. The summed E-state index contributed by atoms with van der Waals surface area (Å²) in [5.74, 6) is -0.829. The van der Waals surface area contributed by atoms with Crippen LogP contribution in [0.25, 0.3) is 0 Å². The van der Waals surface area contributed by atoms with Crippen LogP contribution in [0.2, 0.25) is 0 Å². The number of Topliss-reactive ketones (excluding diaryl/α,β-unsaturated/α-hetero) is 1. The van der Waals surface area contributed by atoms with Gasteiger partial charge in [-0.05, 0) is 56.2 Å². The molecule has 0 aliphatic carbocycles. The van der Waals surface area contributed by atoms with Crippen molar-refractivity contribution in [2.75, 3.05) is 23.3 Å². The van der Waals surface area contributed by atoms with Gasteiger partial charge in [-0.15, -0.1) is 0 Å². The first kappa shape index (κ1) is 18.9. The van der Waals surface area contributed by atoms with Gasteiger partial charge in [-0.2, -0.15) is 0 Å². The summed E-state index contributed by atoms with van der Waals surface area (Å²) in [4.78, 5) is 53.1. The van der Waals surface area contributed by atoms with Crippen LogP contribution in [0.3, 0.4) is 0 Å². The molecular formula is C22H21N3O4. The van der Waals surface area contributed by atoms with Crippen molar-refractivity contribution in [1.29, 1.82) is 0 Å². The number of ketones is 1. The molecule has 4 rings (SSSR count). The summed E-state index contributed by atoms with van der Waals surface area (Å²) < 4.78 is 0. The standard InChI is InChI=1S/C22H21N3O4/c1-14(26)15-8-10-16(11-9-15)23-20(27)13-25-18-6-3-2-5-17(18)21(28)24-12-4-7-19(24)22(25)29/h2-3,5-6,8-11,19H,4,7,12-13H2,1H3,(H,23,27)/t19-/m1/s1. The van der Waals surface area contributed by atoms with Gasteiger partial charge < -0.3 is 15.1 Å². The molecule has 1 atom stereocenters. The summed E-state index contributed by atoms with van der Waals surface area (Å²) in [5.41, 5.74) is 1.98. The number of rotatable bonds is 4. The molecule has 0 unspecified atom stereocenters. The lowest BCUT2D eigenvalue weighted by Gasteiger charge is -2.25. The molecule has 0 radical (unpaired) electrons. The highest BCUT2D eigenvalue weighted by atomic mass is 16.2. The minimum absolute atomic E-state index is 0.0552. The number of para-hydroxylation sites is 1. The number of anilines is 2. The van der Waals surface area contributed by atoms with Gasteiger partial charge in [0.25, 0.3) is 5.91 Å². The smallest absolute Gasteiger partial charge is 0.256 e. The molecule has 29 heavy (non-hydrogen) atoms. The van der Waals surface area contributed by atoms with E-state index in [1.165, 1.54) is 11.8 Å². The first-order valence-corrected chi connectivity index (χ1v) is 9.58. The Bertz CT molecular complexity index is 999. The molecule has 2 heterocycles. The van der Waals surface area contributed by atoms with Gasteiger partial charge in [0.15, 0.2) is 5.78 Å². The molecule has 1 saturated heterocycles. The highest BCUT2D eigenvalue weighted by Gasteiger charge is 2.42. The third-order valence-electron chi connectivity index (χ3n) is 5.37. The molecule has 0 saturated carbocycles. The number of nitrogens with zero attached hydrogens (tertiary/aromatic N) is 2. The second-order valence-corrected chi connectivity index (χ2v) is 7.28. The summed E-state index contributed by atoms with van der Waals surface area (Å²) in [6.45, 7) is 1.83. The Morgan fingerprint density at radius 3 is 2.52 bits per heavy atom. The van der Waals surface area contributed by atoms with E-state index in [2.05, 4.69) is 5.32 Å². The SMILES string of the molecule is CC(=O)c1ccc(NC(=O)CN2C(=O)[C@H]3CCCN3C(=O)c3ccccc32)cc1. The van der Waals surface area contributed by atoms with Crippen molar-refractivity contribution in [3.63, 3.8) is 0 Å². The number of hydrogen-bond donors (Lipinski definition) is 1. The zero-order chi connectivity index (χ0) is 20.5. The summed E-state index contributed by atoms with van der Waals surface area (Å²) >= 11 is 0. The average Bonchev–Trinajstić information content (AvgIpc) is 3.19. The molecule has 3 amide bonds. The number of nitrogens with one attached hydrogen (secondary N) is 1. The van der Waals surface area contributed by atoms with Crippen molar-refractivity contribution >= 4 is 34.9 Å². The average molecular weight is 391 g/mol. The van der Waals surface area contributed by atoms with E-state index in [1.54, 1.807) is 53.4 Å². The Hall–Kier alpha value is -3.48. The van der Waals surface area contributed by atoms with Crippen LogP contribution in [0, 0.1) is 0 Å². The van der Waals surface area contributed by atoms with Gasteiger partial charge >= 0.3 is 0 Å². The maximum atomic E-state index is 13.2. The van der Waals surface area contributed by atoms with Crippen LogP contribution >= 0.6 is 0 Å². The summed E-state index contributed by atoms with van der Waals surface area (Å²) in [7, 11) is 0. The number of amides is 3. The second-order valence-electron chi connectivity index (χ2n) is 7.28. The maximum absolute atomic E-state index is 13.2. The number of hydrogen-bond acceptors (Lipinski definition) is 4. The highest BCUT2D eigenvalue weighted by molar-refractivity contribution is 6.13. The summed E-state index contributed by atoms with van der Waals surface area (Å²) in [6.07, 6.45) is 1.37. The van der Waals surface area contributed by atoms with E-state index < -0.39 is 6.04 Å². The van der Waals surface area contributed by atoms with Gasteiger partial charge in [-0.25, -0.2) is 0 Å². The number of carbonyl (C=O) groups is 4. The van der Waals surface area contributed by atoms with Gasteiger partial charge in [-0.1, -0.05) is 12.1 Å². The third-order valence-corrected chi connectivity index (χ3v) is 5.37. The minimum atomic E-state index is -0.530. The highest BCUT2D eigenvalue weighted by Crippen LogP contribution is 2.32. The molecule has 7 heteroatoms. The lowest BCUT2D eigenvalue weighted by molar-refractivity contribution is -0.124. The van der Waals surface area contributed by atoms with E-state index in [0.29, 0.717) is 35.5 Å². The topological polar surface area (TPSA) is 86.8 Å². The number of benzene rings is 2. The van der Waals surface area contributed by atoms with E-state index >= 15 is 0 Å². The molecule has 2 aromatic rings. The molecule has 0 aromatic heterocycles. The minimum Gasteiger partial charge on any atom is -0.327 e. The monoisotopic (exact) mass is 391 g/mol. The third kappa shape index (κ3) is 3.51. The molecule has 0 spiro atoms. The van der Waals surface area contributed by atoms with E-state index in [9.17, 15) is 19.2 Å². The molecule has 2 aromatic carbocycles. The Kier molecular flexibility index (Phi) is 4.88. The Labute approximate surface area is 168 Å². The Morgan fingerprint density at radius 2 is 1.79 bits per heavy atom. The lowest BCUT2D eigenvalue weighted by atomic mass is 10.1. The van der Waals surface area contributed by atoms with E-state index in [1.807, 2.05) is 0 Å². The van der Waals surface area contributed by atoms with Crippen molar-refractivity contribution in [2.45, 2.75) is 25.8 Å². The zero-order valence-electron chi connectivity index (χ0n) is 16.1. The largest absolute Gasteiger partial charge is 0.327 e. The zero-order valence-corrected chi connectivity index (χ0v) is 16.1. The lowest BCUT2D eigenvalue weighted by Crippen LogP contribution is -2.47. The fourth-order valence-corrected chi connectivity index (χ4v) is 3.91. The predicted molar refractivity (Wildman–Crippen MR) is 108 cm³/mol. The molecule has 2 aliphatic heterocycles. The van der Waals surface area contributed by atoms with Crippen LogP contribution < -0.4 is 10.2 Å². The van der Waals surface area contributed by atoms with Gasteiger partial charge in [0, 0.05) is 17.8 Å². The van der Waals surface area contributed by atoms with Crippen LogP contribution in [0.5, 0.6) is 0 Å². The molecule has 0 bridgehead atoms. The maximum Gasteiger partial charge on any atom is 0.256 e. The van der Waals surface area contributed by atoms with Crippen molar-refractivity contribution in [3.8, 4) is 0 Å². The second kappa shape index (κ2) is 7.50. The molecule has 1 N–H and O–H groups in total. The molecule has 148 valence electrons. The van der Waals surface area contributed by atoms with Crippen LogP contribution in [-0.4, -0.2) is 47.5 Å². The molecule has 2 aliphatic rings. The first-order valence-electron chi connectivity index (χ1n) is 9.58. The number of carbonyl (C=O) groups excluding carboxylic acids is 4. The molecular weight excluding hydrogens is 370 g/mol. The Morgan fingerprint density at radius 1 is 1.07 bits per heavy atom. The quantitative estimate of drug-likeness (QED) is 0.812. The first-order chi connectivity index (χ1) is 14.0. The van der Waals surface area contributed by atoms with Crippen LogP contribution in [0.1, 0.15) is 40.5 Å². The van der Waals surface area contributed by atoms with E-state index in [4.69, 9.17) is 0 Å². The van der Waals surface area contributed by atoms with Crippen LogP contribution in [0.4, 0.5) is 11.4 Å². The van der Waals surface area contributed by atoms with Crippen molar-refractivity contribution in [2.24, 2.45) is 0 Å². The van der Waals surface area contributed by atoms with Gasteiger partial charge in [0.2, 0.25) is 11.8 Å². The summed E-state index contributed by atoms with van der Waals surface area (Å²) in [5, 5.41) is 2.76. The molecule has 7 nitrogen and oxygen atoms in total. The molecule has 1 fully saturated rings. The number of fused-ring (bicyclic) bond motifs is 2. The van der Waals surface area contributed by atoms with Crippen molar-refractivity contribution in [3.05, 3.63) is 59.7 Å². The summed E-state index contributed by atoms with van der Waals surface area (Å²) in [6, 6.07) is 12.9. The van der Waals surface area contributed by atoms with Gasteiger partial charge in [-0.3, -0.25) is 19.2 Å². The predicted octanol–water partition coefficient (Wildman–Crippen LogP) is 2.48. The normalized spacial score (nSPS) is 18.2. The van der Waals surface area contributed by atoms with Crippen molar-refractivity contribution < 1.29 is 19.2 Å². The fourth-order valence-electron chi connectivity index (χ4n) is 3.91. The van der Waals surface area contributed by atoms with Crippen LogP contribution in [0.15, 0.2) is 48.5 Å². The van der Waals surface area contributed by atoms with Gasteiger partial charge in [0.1, 0.15) is 12.6 Å². The Balaban J connectivity index is 1.58. The van der Waals surface area contributed by atoms with E-state index in [0.717, 1.165) is 6.42 Å². The van der Waals surface area contributed by atoms with E-state index in [-0.39, 0.29) is 30.0 Å². The van der Waals surface area contributed by atoms with Crippen molar-refractivity contribution in [1.82, 2.24) is 4.90 Å². The van der Waals surface area contributed by atoms with Crippen LogP contribution in [-0.2, 0) is 9.59 Å². The van der Waals surface area contributed by atoms with Gasteiger partial charge in [0.05, 0.1) is 11.3 Å².